The van der Waals surface area contributed by atoms with Gasteiger partial charge in [-0.15, -0.1) is 0 Å². The van der Waals surface area contributed by atoms with Gasteiger partial charge in [0, 0.05) is 0 Å². The molecule has 0 aliphatic heterocycles. The van der Waals surface area contributed by atoms with E-state index in [0.29, 0.717) is 6.42 Å². The molecular weight excluding hydrogens is 775 g/mol. The van der Waals surface area contributed by atoms with Crippen molar-refractivity contribution in [1.29, 1.82) is 0 Å². The Kier molecular flexibility index (Phi) is 52.0. The van der Waals surface area contributed by atoms with Gasteiger partial charge in [-0.2, -0.15) is 0 Å². The number of carbonyl (C=O) groups excluding carboxylic acids is 1. The van der Waals surface area contributed by atoms with Gasteiger partial charge in [-0.3, -0.25) is 4.79 Å². The first-order valence-electron chi connectivity index (χ1n) is 28.3. The van der Waals surface area contributed by atoms with E-state index in [1.165, 1.54) is 244 Å². The van der Waals surface area contributed by atoms with Crippen molar-refractivity contribution < 1.29 is 20.1 Å². The van der Waals surface area contributed by atoms with E-state index in [4.69, 9.17) is 0 Å². The molecule has 0 aliphatic carbocycles. The highest BCUT2D eigenvalue weighted by Crippen LogP contribution is 2.17. The number of aliphatic hydroxyl groups excluding tert-OH is 3. The summed E-state index contributed by atoms with van der Waals surface area (Å²) in [6.07, 6.45) is 69.5. The van der Waals surface area contributed by atoms with Crippen LogP contribution in [0.25, 0.3) is 0 Å². The minimum absolute atomic E-state index is 0.374. The maximum Gasteiger partial charge on any atom is 0.249 e. The van der Waals surface area contributed by atoms with E-state index in [1.54, 1.807) is 6.08 Å². The smallest absolute Gasteiger partial charge is 0.249 e. The summed E-state index contributed by atoms with van der Waals surface area (Å²) in [4.78, 5) is 12.5. The number of rotatable bonds is 52. The van der Waals surface area contributed by atoms with Crippen LogP contribution < -0.4 is 5.32 Å². The summed E-state index contributed by atoms with van der Waals surface area (Å²) in [5.41, 5.74) is 0. The second-order valence-corrected chi connectivity index (χ2v) is 19.5. The summed E-state index contributed by atoms with van der Waals surface area (Å²) in [6.45, 7) is 4.20. The number of carbonyl (C=O) groups is 1. The van der Waals surface area contributed by atoms with Crippen molar-refractivity contribution in [3.05, 3.63) is 36.5 Å². The Hall–Kier alpha value is -1.43. The first kappa shape index (κ1) is 61.6. The Morgan fingerprint density at radius 2 is 0.651 bits per heavy atom. The van der Waals surface area contributed by atoms with Crippen molar-refractivity contribution >= 4 is 5.91 Å². The van der Waals surface area contributed by atoms with Crippen LogP contribution in [-0.2, 0) is 4.79 Å². The van der Waals surface area contributed by atoms with E-state index in [-0.39, 0.29) is 6.61 Å². The zero-order valence-electron chi connectivity index (χ0n) is 42.5. The first-order chi connectivity index (χ1) is 31.1. The lowest BCUT2D eigenvalue weighted by atomic mass is 10.0. The summed E-state index contributed by atoms with van der Waals surface area (Å²) in [7, 11) is 0. The van der Waals surface area contributed by atoms with E-state index < -0.39 is 24.2 Å². The molecule has 5 heteroatoms. The van der Waals surface area contributed by atoms with Gasteiger partial charge in [0.2, 0.25) is 5.91 Å². The maximum absolute atomic E-state index is 12.5. The van der Waals surface area contributed by atoms with Crippen LogP contribution in [0.5, 0.6) is 0 Å². The molecular formula is C58H111NO4. The molecule has 0 aliphatic rings. The number of hydrogen-bond donors (Lipinski definition) is 4. The van der Waals surface area contributed by atoms with Crippen LogP contribution in [0.4, 0.5) is 0 Å². The van der Waals surface area contributed by atoms with Gasteiger partial charge < -0.3 is 20.6 Å². The fraction of sp³-hybridized carbons (Fsp3) is 0.879. The third kappa shape index (κ3) is 48.3. The van der Waals surface area contributed by atoms with Crippen molar-refractivity contribution in [2.24, 2.45) is 0 Å². The first-order valence-corrected chi connectivity index (χ1v) is 28.3. The number of allylic oxidation sites excluding steroid dienone is 5. The summed E-state index contributed by atoms with van der Waals surface area (Å²) in [5, 5.41) is 33.3. The van der Waals surface area contributed by atoms with Crippen molar-refractivity contribution in [3.63, 3.8) is 0 Å². The molecule has 0 spiro atoms. The summed E-state index contributed by atoms with van der Waals surface area (Å²) in [6, 6.07) is -0.814. The normalized spacial score (nSPS) is 13.5. The molecule has 1 amide bonds. The molecule has 0 saturated heterocycles. The van der Waals surface area contributed by atoms with Gasteiger partial charge in [-0.25, -0.2) is 0 Å². The SMILES string of the molecule is CCCCCCCCCCCCC/C=C/CC/C=C/C(O)C(CO)NC(=O)C(O)CCCCCCCCCCCCCCCCCC/C=C\CCCCCCCCCCCCCC. The monoisotopic (exact) mass is 886 g/mol. The fourth-order valence-corrected chi connectivity index (χ4v) is 8.79. The largest absolute Gasteiger partial charge is 0.394 e. The minimum atomic E-state index is -1.10. The van der Waals surface area contributed by atoms with Crippen LogP contribution in [0, 0.1) is 0 Å². The van der Waals surface area contributed by atoms with Crippen LogP contribution in [0.2, 0.25) is 0 Å². The number of aliphatic hydroxyl groups is 3. The Morgan fingerprint density at radius 1 is 0.381 bits per heavy atom. The molecule has 0 aromatic carbocycles. The molecule has 5 nitrogen and oxygen atoms in total. The van der Waals surface area contributed by atoms with Gasteiger partial charge in [0.25, 0.3) is 0 Å². The molecule has 0 radical (unpaired) electrons. The topological polar surface area (TPSA) is 89.8 Å². The fourth-order valence-electron chi connectivity index (χ4n) is 8.79. The zero-order chi connectivity index (χ0) is 45.8. The molecule has 0 aromatic heterocycles. The molecule has 3 unspecified atom stereocenters. The van der Waals surface area contributed by atoms with Crippen LogP contribution in [0.1, 0.15) is 303 Å². The lowest BCUT2D eigenvalue weighted by molar-refractivity contribution is -0.131. The second-order valence-electron chi connectivity index (χ2n) is 19.5. The Labute approximate surface area is 394 Å². The van der Waals surface area contributed by atoms with Crippen LogP contribution in [-0.4, -0.2) is 46.1 Å². The lowest BCUT2D eigenvalue weighted by Gasteiger charge is -2.21. The lowest BCUT2D eigenvalue weighted by Crippen LogP contribution is -2.48. The van der Waals surface area contributed by atoms with Crippen molar-refractivity contribution in [1.82, 2.24) is 5.32 Å². The quantitative estimate of drug-likeness (QED) is 0.0362. The van der Waals surface area contributed by atoms with E-state index in [2.05, 4.69) is 43.5 Å². The van der Waals surface area contributed by atoms with Crippen molar-refractivity contribution in [2.75, 3.05) is 6.61 Å². The molecule has 63 heavy (non-hydrogen) atoms. The molecule has 3 atom stereocenters. The number of hydrogen-bond acceptors (Lipinski definition) is 4. The summed E-state index contributed by atoms with van der Waals surface area (Å²) >= 11 is 0. The van der Waals surface area contributed by atoms with Gasteiger partial charge in [0.15, 0.2) is 0 Å². The van der Waals surface area contributed by atoms with Crippen LogP contribution in [0.15, 0.2) is 36.5 Å². The highest BCUT2D eigenvalue weighted by molar-refractivity contribution is 5.80. The Bertz CT molecular complexity index is 978. The average molecular weight is 887 g/mol. The molecule has 0 saturated carbocycles. The maximum atomic E-state index is 12.5. The number of unbranched alkanes of at least 4 members (excludes halogenated alkanes) is 40. The minimum Gasteiger partial charge on any atom is -0.394 e. The van der Waals surface area contributed by atoms with E-state index in [0.717, 1.165) is 38.5 Å². The van der Waals surface area contributed by atoms with Gasteiger partial charge in [0.05, 0.1) is 18.8 Å². The van der Waals surface area contributed by atoms with Crippen molar-refractivity contribution in [3.8, 4) is 0 Å². The third-order valence-electron chi connectivity index (χ3n) is 13.2. The Balaban J connectivity index is 3.54. The third-order valence-corrected chi connectivity index (χ3v) is 13.2. The van der Waals surface area contributed by atoms with Crippen molar-refractivity contribution in [2.45, 2.75) is 321 Å². The highest BCUT2D eigenvalue weighted by Gasteiger charge is 2.22. The average Bonchev–Trinajstić information content (AvgIpc) is 3.29. The molecule has 0 aromatic rings. The number of amides is 1. The molecule has 4 N–H and O–H groups in total. The predicted molar refractivity (Wildman–Crippen MR) is 278 cm³/mol. The van der Waals surface area contributed by atoms with Crippen LogP contribution in [0.3, 0.4) is 0 Å². The van der Waals surface area contributed by atoms with Gasteiger partial charge in [0.1, 0.15) is 6.10 Å². The molecule has 0 bridgehead atoms. The second kappa shape index (κ2) is 53.2. The molecule has 372 valence electrons. The van der Waals surface area contributed by atoms with E-state index in [1.807, 2.05) is 6.08 Å². The predicted octanol–water partition coefficient (Wildman–Crippen LogP) is 17.4. The standard InChI is InChI=1S/C58H111NO4/c1-3-5-7-9-11-13-15-17-19-21-22-23-24-25-26-27-28-29-30-31-32-33-34-35-37-39-41-43-45-47-49-51-53-57(62)58(63)59-55(54-60)56(61)52-50-48-46-44-42-40-38-36-20-18-16-14-12-10-8-6-4-2/h25-26,42,44,50,52,55-57,60-62H,3-24,27-41,43,45-49,51,53-54H2,1-2H3,(H,59,63)/b26-25-,44-42+,52-50+. The van der Waals surface area contributed by atoms with E-state index >= 15 is 0 Å². The van der Waals surface area contributed by atoms with Crippen LogP contribution >= 0.6 is 0 Å². The molecule has 0 heterocycles. The highest BCUT2D eigenvalue weighted by atomic mass is 16.3. The summed E-state index contributed by atoms with van der Waals surface area (Å²) < 4.78 is 0. The van der Waals surface area contributed by atoms with Gasteiger partial charge >= 0.3 is 0 Å². The molecule has 0 fully saturated rings. The van der Waals surface area contributed by atoms with Gasteiger partial charge in [-0.05, 0) is 57.8 Å². The molecule has 0 rings (SSSR count). The Morgan fingerprint density at radius 3 is 0.968 bits per heavy atom. The number of nitrogens with one attached hydrogen (secondary N) is 1. The zero-order valence-corrected chi connectivity index (χ0v) is 42.5. The van der Waals surface area contributed by atoms with Gasteiger partial charge in [-0.1, -0.05) is 281 Å². The summed E-state index contributed by atoms with van der Waals surface area (Å²) in [5.74, 6) is -0.509. The van der Waals surface area contributed by atoms with E-state index in [9.17, 15) is 20.1 Å².